The molecule has 0 aromatic heterocycles. The largest absolute Gasteiger partial charge is 0.368 e. The molecule has 6 heteroatoms. The lowest BCUT2D eigenvalue weighted by Crippen LogP contribution is -2.36. The van der Waals surface area contributed by atoms with Gasteiger partial charge in [0, 0.05) is 12.2 Å². The summed E-state index contributed by atoms with van der Waals surface area (Å²) in [5.74, 6) is -1.10. The Hall–Kier alpha value is -1.95. The molecule has 1 aromatic carbocycles. The maximum atomic E-state index is 13.3. The van der Waals surface area contributed by atoms with Gasteiger partial charge < -0.3 is 16.4 Å². The molecule has 0 radical (unpaired) electrons. The van der Waals surface area contributed by atoms with Gasteiger partial charge in [0.1, 0.15) is 5.82 Å². The average Bonchev–Trinajstić information content (AvgIpc) is 2.86. The first-order valence-corrected chi connectivity index (χ1v) is 5.67. The molecule has 2 aliphatic rings. The SMILES string of the molecule is NC(=O)[C@@H]1C[C@@]2(CN1)C(=O)Nc1ccc(F)cc12. The number of nitrogens with two attached hydrogens (primary N) is 1. The normalized spacial score (nSPS) is 29.4. The number of anilines is 1. The summed E-state index contributed by atoms with van der Waals surface area (Å²) < 4.78 is 13.3. The number of rotatable bonds is 1. The molecule has 2 aliphatic heterocycles. The van der Waals surface area contributed by atoms with E-state index >= 15 is 0 Å². The second-order valence-electron chi connectivity index (χ2n) is 4.77. The highest BCUT2D eigenvalue weighted by Crippen LogP contribution is 2.43. The third-order valence-corrected chi connectivity index (χ3v) is 3.73. The molecular formula is C12H12FN3O2. The first-order chi connectivity index (χ1) is 8.53. The lowest BCUT2D eigenvalue weighted by molar-refractivity contribution is -0.120. The molecule has 1 aromatic rings. The Bertz CT molecular complexity index is 560. The highest BCUT2D eigenvalue weighted by Gasteiger charge is 2.52. The number of benzene rings is 1. The van der Waals surface area contributed by atoms with E-state index in [4.69, 9.17) is 5.73 Å². The quantitative estimate of drug-likeness (QED) is 0.648. The van der Waals surface area contributed by atoms with Crippen LogP contribution in [0, 0.1) is 5.82 Å². The van der Waals surface area contributed by atoms with Crippen LogP contribution >= 0.6 is 0 Å². The van der Waals surface area contributed by atoms with Gasteiger partial charge in [-0.15, -0.1) is 0 Å². The van der Waals surface area contributed by atoms with Crippen LogP contribution in [0.15, 0.2) is 18.2 Å². The predicted molar refractivity (Wildman–Crippen MR) is 62.3 cm³/mol. The minimum absolute atomic E-state index is 0.209. The van der Waals surface area contributed by atoms with E-state index in [1.165, 1.54) is 18.2 Å². The molecule has 2 atom stereocenters. The van der Waals surface area contributed by atoms with Gasteiger partial charge in [-0.2, -0.15) is 0 Å². The van der Waals surface area contributed by atoms with Crippen molar-refractivity contribution in [1.82, 2.24) is 5.32 Å². The van der Waals surface area contributed by atoms with Gasteiger partial charge in [0.25, 0.3) is 0 Å². The van der Waals surface area contributed by atoms with Crippen molar-refractivity contribution in [3.63, 3.8) is 0 Å². The zero-order valence-electron chi connectivity index (χ0n) is 9.50. The van der Waals surface area contributed by atoms with Crippen molar-refractivity contribution in [2.24, 2.45) is 5.73 Å². The van der Waals surface area contributed by atoms with E-state index in [0.717, 1.165) is 0 Å². The minimum Gasteiger partial charge on any atom is -0.368 e. The Balaban J connectivity index is 2.06. The van der Waals surface area contributed by atoms with Crippen LogP contribution in [-0.2, 0) is 15.0 Å². The summed E-state index contributed by atoms with van der Waals surface area (Å²) in [5.41, 5.74) is 5.56. The van der Waals surface area contributed by atoms with Gasteiger partial charge in [0.05, 0.1) is 11.5 Å². The first-order valence-electron chi connectivity index (χ1n) is 5.67. The van der Waals surface area contributed by atoms with E-state index in [2.05, 4.69) is 10.6 Å². The Morgan fingerprint density at radius 2 is 2.28 bits per heavy atom. The average molecular weight is 249 g/mol. The maximum Gasteiger partial charge on any atom is 0.236 e. The molecule has 5 nitrogen and oxygen atoms in total. The number of amides is 2. The molecule has 0 aliphatic carbocycles. The molecule has 1 spiro atoms. The summed E-state index contributed by atoms with van der Waals surface area (Å²) in [7, 11) is 0. The van der Waals surface area contributed by atoms with Gasteiger partial charge in [-0.1, -0.05) is 0 Å². The van der Waals surface area contributed by atoms with Crippen molar-refractivity contribution < 1.29 is 14.0 Å². The standard InChI is InChI=1S/C12H12FN3O2/c13-6-1-2-8-7(3-6)12(11(18)16-8)4-9(10(14)17)15-5-12/h1-3,9,15H,4-5H2,(H2,14,17)(H,16,18)/t9-,12-/m0/s1. The van der Waals surface area contributed by atoms with Crippen LogP contribution < -0.4 is 16.4 Å². The molecule has 2 amide bonds. The first kappa shape index (κ1) is 11.2. The number of fused-ring (bicyclic) bond motifs is 2. The number of primary amides is 1. The second kappa shape index (κ2) is 3.52. The van der Waals surface area contributed by atoms with Crippen LogP contribution in [0.4, 0.5) is 10.1 Å². The lowest BCUT2D eigenvalue weighted by Gasteiger charge is -2.19. The van der Waals surface area contributed by atoms with Crippen LogP contribution in [0.2, 0.25) is 0 Å². The predicted octanol–water partition coefficient (Wildman–Crippen LogP) is -0.137. The highest BCUT2D eigenvalue weighted by molar-refractivity contribution is 6.07. The Kier molecular flexibility index (Phi) is 2.18. The third kappa shape index (κ3) is 1.35. The van der Waals surface area contributed by atoms with Gasteiger partial charge in [-0.25, -0.2) is 4.39 Å². The van der Waals surface area contributed by atoms with Crippen molar-refractivity contribution in [3.8, 4) is 0 Å². The van der Waals surface area contributed by atoms with Crippen molar-refractivity contribution >= 4 is 17.5 Å². The Morgan fingerprint density at radius 1 is 1.50 bits per heavy atom. The van der Waals surface area contributed by atoms with Gasteiger partial charge in [0.15, 0.2) is 0 Å². The number of hydrogen-bond acceptors (Lipinski definition) is 3. The van der Waals surface area contributed by atoms with Crippen LogP contribution in [0.3, 0.4) is 0 Å². The molecule has 3 rings (SSSR count). The molecular weight excluding hydrogens is 237 g/mol. The number of halogens is 1. The van der Waals surface area contributed by atoms with Gasteiger partial charge in [-0.05, 0) is 30.2 Å². The molecule has 18 heavy (non-hydrogen) atoms. The van der Waals surface area contributed by atoms with Crippen LogP contribution in [0.25, 0.3) is 0 Å². The van der Waals surface area contributed by atoms with Crippen molar-refractivity contribution in [1.29, 1.82) is 0 Å². The van der Waals surface area contributed by atoms with Gasteiger partial charge in [0.2, 0.25) is 11.8 Å². The Morgan fingerprint density at radius 3 is 2.94 bits per heavy atom. The smallest absolute Gasteiger partial charge is 0.236 e. The number of carbonyl (C=O) groups is 2. The molecule has 1 fully saturated rings. The van der Waals surface area contributed by atoms with E-state index in [0.29, 0.717) is 17.8 Å². The van der Waals surface area contributed by atoms with E-state index in [1.807, 2.05) is 0 Å². The molecule has 94 valence electrons. The number of hydrogen-bond donors (Lipinski definition) is 3. The number of nitrogens with one attached hydrogen (secondary N) is 2. The van der Waals surface area contributed by atoms with Gasteiger partial charge in [-0.3, -0.25) is 9.59 Å². The summed E-state index contributed by atoms with van der Waals surface area (Å²) in [4.78, 5) is 23.3. The zero-order valence-corrected chi connectivity index (χ0v) is 9.50. The summed E-state index contributed by atoms with van der Waals surface area (Å²) in [5, 5.41) is 5.64. The molecule has 0 unspecified atom stereocenters. The monoisotopic (exact) mass is 249 g/mol. The second-order valence-corrected chi connectivity index (χ2v) is 4.77. The Labute approximate surface area is 103 Å². The molecule has 1 saturated heterocycles. The molecule has 2 heterocycles. The molecule has 0 bridgehead atoms. The summed E-state index contributed by atoms with van der Waals surface area (Å²) >= 11 is 0. The van der Waals surface area contributed by atoms with Crippen molar-refractivity contribution in [3.05, 3.63) is 29.6 Å². The van der Waals surface area contributed by atoms with Crippen LogP contribution in [-0.4, -0.2) is 24.4 Å². The maximum absolute atomic E-state index is 13.3. The van der Waals surface area contributed by atoms with E-state index in [-0.39, 0.29) is 12.3 Å². The van der Waals surface area contributed by atoms with Crippen molar-refractivity contribution in [2.45, 2.75) is 17.9 Å². The summed E-state index contributed by atoms with van der Waals surface area (Å²) in [6.45, 7) is 0.295. The third-order valence-electron chi connectivity index (χ3n) is 3.73. The zero-order chi connectivity index (χ0) is 12.9. The topological polar surface area (TPSA) is 84.2 Å². The summed E-state index contributed by atoms with van der Waals surface area (Å²) in [6.07, 6.45) is 0.268. The molecule has 0 saturated carbocycles. The van der Waals surface area contributed by atoms with Gasteiger partial charge >= 0.3 is 0 Å². The highest BCUT2D eigenvalue weighted by atomic mass is 19.1. The van der Waals surface area contributed by atoms with Crippen LogP contribution in [0.5, 0.6) is 0 Å². The fourth-order valence-corrected chi connectivity index (χ4v) is 2.76. The molecule has 4 N–H and O–H groups in total. The van der Waals surface area contributed by atoms with E-state index < -0.39 is 23.2 Å². The minimum atomic E-state index is -0.878. The fraction of sp³-hybridized carbons (Fsp3) is 0.333. The fourth-order valence-electron chi connectivity index (χ4n) is 2.76. The van der Waals surface area contributed by atoms with E-state index in [9.17, 15) is 14.0 Å². The lowest BCUT2D eigenvalue weighted by atomic mass is 9.79. The van der Waals surface area contributed by atoms with Crippen molar-refractivity contribution in [2.75, 3.05) is 11.9 Å². The summed E-state index contributed by atoms with van der Waals surface area (Å²) in [6, 6.07) is 3.63. The number of carbonyl (C=O) groups excluding carboxylic acids is 2. The van der Waals surface area contributed by atoms with E-state index in [1.54, 1.807) is 0 Å². The van der Waals surface area contributed by atoms with Crippen LogP contribution in [0.1, 0.15) is 12.0 Å².